The van der Waals surface area contributed by atoms with Crippen LogP contribution in [0.4, 0.5) is 13.2 Å². The Balaban J connectivity index is 1.14. The average molecular weight is 539 g/mol. The second-order valence-electron chi connectivity index (χ2n) is 10.3. The Morgan fingerprint density at radius 1 is 1.00 bits per heavy atom. The van der Waals surface area contributed by atoms with Crippen LogP contribution in [0.3, 0.4) is 0 Å². The van der Waals surface area contributed by atoms with Crippen LogP contribution < -0.4 is 10.1 Å². The number of halogens is 3. The molecule has 39 heavy (non-hydrogen) atoms. The van der Waals surface area contributed by atoms with Crippen molar-refractivity contribution >= 4 is 11.8 Å². The van der Waals surface area contributed by atoms with E-state index in [1.165, 1.54) is 24.3 Å². The van der Waals surface area contributed by atoms with Crippen LogP contribution in [0.2, 0.25) is 0 Å². The van der Waals surface area contributed by atoms with Crippen LogP contribution >= 0.6 is 0 Å². The molecule has 1 atom stereocenters. The van der Waals surface area contributed by atoms with Crippen LogP contribution in [0.25, 0.3) is 0 Å². The van der Waals surface area contributed by atoms with Crippen molar-refractivity contribution in [2.24, 2.45) is 5.41 Å². The van der Waals surface area contributed by atoms with E-state index in [1.54, 1.807) is 17.0 Å². The number of hydrogen-bond acceptors (Lipinski definition) is 4. The molecule has 6 nitrogen and oxygen atoms in total. The molecular weight excluding hydrogens is 509 g/mol. The number of benzene rings is 3. The summed E-state index contributed by atoms with van der Waals surface area (Å²) >= 11 is 0. The van der Waals surface area contributed by atoms with E-state index in [1.807, 2.05) is 30.3 Å². The minimum atomic E-state index is -4.51. The van der Waals surface area contributed by atoms with Crippen molar-refractivity contribution in [3.63, 3.8) is 0 Å². The molecule has 9 heteroatoms. The highest BCUT2D eigenvalue weighted by atomic mass is 19.4. The fraction of sp³-hybridized carbons (Fsp3) is 0.333. The number of phenolic OH excluding ortho intramolecular Hbond substituents is 1. The molecule has 5 rings (SSSR count). The van der Waals surface area contributed by atoms with Gasteiger partial charge in [-0.25, -0.2) is 0 Å². The zero-order valence-electron chi connectivity index (χ0n) is 21.2. The lowest BCUT2D eigenvalue weighted by Gasteiger charge is -2.33. The SMILES string of the molecule is O=C(Cc1ccccc1C(F)(F)F)NC1CC12CCN(C(=O)c1cc(OCc3ccccc3)ccc1O)CC2. The molecule has 1 heterocycles. The van der Waals surface area contributed by atoms with Gasteiger partial charge in [0.2, 0.25) is 5.91 Å². The molecule has 1 saturated heterocycles. The van der Waals surface area contributed by atoms with E-state index in [0.717, 1.165) is 18.1 Å². The van der Waals surface area contributed by atoms with Crippen molar-refractivity contribution in [3.05, 3.63) is 95.1 Å². The van der Waals surface area contributed by atoms with E-state index in [9.17, 15) is 27.9 Å². The highest BCUT2D eigenvalue weighted by Crippen LogP contribution is 2.54. The zero-order chi connectivity index (χ0) is 27.6. The van der Waals surface area contributed by atoms with Gasteiger partial charge in [0, 0.05) is 19.1 Å². The van der Waals surface area contributed by atoms with E-state index in [2.05, 4.69) is 5.32 Å². The van der Waals surface area contributed by atoms with E-state index >= 15 is 0 Å². The summed E-state index contributed by atoms with van der Waals surface area (Å²) in [5, 5.41) is 13.2. The summed E-state index contributed by atoms with van der Waals surface area (Å²) in [5.41, 5.74) is 0.150. The monoisotopic (exact) mass is 538 g/mol. The second kappa shape index (κ2) is 10.6. The molecule has 2 aliphatic rings. The predicted molar refractivity (Wildman–Crippen MR) is 138 cm³/mol. The third-order valence-corrected chi connectivity index (χ3v) is 7.69. The summed E-state index contributed by atoms with van der Waals surface area (Å²) in [6.45, 7) is 1.24. The number of carbonyl (C=O) groups excluding carboxylic acids is 2. The van der Waals surface area contributed by atoms with Crippen molar-refractivity contribution in [1.82, 2.24) is 10.2 Å². The average Bonchev–Trinajstić information content (AvgIpc) is 3.58. The highest BCUT2D eigenvalue weighted by Gasteiger charge is 2.56. The first-order valence-electron chi connectivity index (χ1n) is 12.9. The summed E-state index contributed by atoms with van der Waals surface area (Å²) in [6, 6.07) is 19.2. The minimum absolute atomic E-state index is 0.0487. The van der Waals surface area contributed by atoms with Crippen molar-refractivity contribution in [2.75, 3.05) is 13.1 Å². The molecule has 204 valence electrons. The van der Waals surface area contributed by atoms with Crippen LogP contribution in [0.1, 0.15) is 46.3 Å². The summed E-state index contributed by atoms with van der Waals surface area (Å²) in [7, 11) is 0. The molecule has 3 aromatic rings. The fourth-order valence-electron chi connectivity index (χ4n) is 5.32. The lowest BCUT2D eigenvalue weighted by atomic mass is 9.92. The number of phenols is 1. The largest absolute Gasteiger partial charge is 0.507 e. The fourth-order valence-corrected chi connectivity index (χ4v) is 5.32. The van der Waals surface area contributed by atoms with Gasteiger partial charge in [-0.05, 0) is 60.1 Å². The Kier molecular flexibility index (Phi) is 7.25. The molecule has 0 aromatic heterocycles. The van der Waals surface area contributed by atoms with Gasteiger partial charge in [-0.3, -0.25) is 9.59 Å². The van der Waals surface area contributed by atoms with Crippen molar-refractivity contribution in [1.29, 1.82) is 0 Å². The van der Waals surface area contributed by atoms with Crippen molar-refractivity contribution in [3.8, 4) is 11.5 Å². The molecule has 2 amide bonds. The van der Waals surface area contributed by atoms with E-state index in [0.29, 0.717) is 38.3 Å². The molecule has 3 aromatic carbocycles. The molecule has 0 radical (unpaired) electrons. The lowest BCUT2D eigenvalue weighted by Crippen LogP contribution is -2.42. The van der Waals surface area contributed by atoms with Gasteiger partial charge >= 0.3 is 6.18 Å². The third-order valence-electron chi connectivity index (χ3n) is 7.69. The quantitative estimate of drug-likeness (QED) is 0.426. The first kappa shape index (κ1) is 26.6. The Labute approximate surface area is 224 Å². The minimum Gasteiger partial charge on any atom is -0.507 e. The number of ether oxygens (including phenoxy) is 1. The Morgan fingerprint density at radius 2 is 1.69 bits per heavy atom. The Hall–Kier alpha value is -4.01. The van der Waals surface area contributed by atoms with E-state index in [4.69, 9.17) is 4.74 Å². The van der Waals surface area contributed by atoms with Gasteiger partial charge in [0.15, 0.2) is 0 Å². The molecule has 1 aliphatic carbocycles. The maximum Gasteiger partial charge on any atom is 0.416 e. The number of likely N-dealkylation sites (tertiary alicyclic amines) is 1. The van der Waals surface area contributed by atoms with Gasteiger partial charge in [-0.1, -0.05) is 48.5 Å². The van der Waals surface area contributed by atoms with Gasteiger partial charge in [0.1, 0.15) is 18.1 Å². The van der Waals surface area contributed by atoms with Gasteiger partial charge in [-0.2, -0.15) is 13.2 Å². The van der Waals surface area contributed by atoms with Crippen LogP contribution in [0.15, 0.2) is 72.8 Å². The van der Waals surface area contributed by atoms with Crippen molar-refractivity contribution < 1.29 is 32.6 Å². The molecule has 0 bridgehead atoms. The standard InChI is InChI=1S/C30H29F3N2O4/c31-30(32,33)24-9-5-4-8-21(24)16-27(37)34-26-18-29(26)12-14-35(15-13-29)28(38)23-17-22(10-11-25(23)36)39-19-20-6-2-1-3-7-20/h1-11,17,26,36H,12-16,18-19H2,(H,34,37). The summed E-state index contributed by atoms with van der Waals surface area (Å²) < 4.78 is 45.6. The third kappa shape index (κ3) is 6.02. The molecule has 2 N–H and O–H groups in total. The Bertz CT molecular complexity index is 1350. The highest BCUT2D eigenvalue weighted by molar-refractivity contribution is 5.97. The number of nitrogens with one attached hydrogen (secondary N) is 1. The molecule has 1 aliphatic heterocycles. The van der Waals surface area contributed by atoms with Crippen LogP contribution in [0, 0.1) is 5.41 Å². The topological polar surface area (TPSA) is 78.9 Å². The maximum absolute atomic E-state index is 13.3. The summed E-state index contributed by atoms with van der Waals surface area (Å²) in [6.07, 6.45) is -2.80. The number of piperidine rings is 1. The zero-order valence-corrected chi connectivity index (χ0v) is 21.2. The molecule has 1 saturated carbocycles. The number of nitrogens with zero attached hydrogens (tertiary/aromatic N) is 1. The van der Waals surface area contributed by atoms with Gasteiger partial charge < -0.3 is 20.1 Å². The molecule has 1 unspecified atom stereocenters. The maximum atomic E-state index is 13.3. The smallest absolute Gasteiger partial charge is 0.416 e. The van der Waals surface area contributed by atoms with Crippen molar-refractivity contribution in [2.45, 2.75) is 44.5 Å². The first-order valence-corrected chi connectivity index (χ1v) is 12.9. The molecule has 1 spiro atoms. The van der Waals surface area contributed by atoms with E-state index < -0.39 is 17.6 Å². The van der Waals surface area contributed by atoms with Gasteiger partial charge in [0.05, 0.1) is 17.5 Å². The number of amides is 2. The van der Waals surface area contributed by atoms with Gasteiger partial charge in [0.25, 0.3) is 5.91 Å². The second-order valence-corrected chi connectivity index (χ2v) is 10.3. The Morgan fingerprint density at radius 3 is 2.41 bits per heavy atom. The number of hydrogen-bond donors (Lipinski definition) is 2. The summed E-state index contributed by atoms with van der Waals surface area (Å²) in [5.74, 6) is -0.379. The van der Waals surface area contributed by atoms with E-state index in [-0.39, 0.29) is 40.7 Å². The predicted octanol–water partition coefficient (Wildman–Crippen LogP) is 5.34. The van der Waals surface area contributed by atoms with Crippen LogP contribution in [-0.2, 0) is 24.0 Å². The first-order chi connectivity index (χ1) is 18.6. The van der Waals surface area contributed by atoms with Crippen LogP contribution in [0.5, 0.6) is 11.5 Å². The lowest BCUT2D eigenvalue weighted by molar-refractivity contribution is -0.138. The number of carbonyl (C=O) groups is 2. The normalized spacial score (nSPS) is 18.0. The number of rotatable bonds is 7. The molecular formula is C30H29F3N2O4. The van der Waals surface area contributed by atoms with Gasteiger partial charge in [-0.15, -0.1) is 0 Å². The number of alkyl halides is 3. The number of aromatic hydroxyl groups is 1. The summed E-state index contributed by atoms with van der Waals surface area (Å²) in [4.78, 5) is 27.4. The molecule has 2 fully saturated rings. The van der Waals surface area contributed by atoms with Crippen LogP contribution in [-0.4, -0.2) is 41.0 Å².